The predicted molar refractivity (Wildman–Crippen MR) is 53.2 cm³/mol. The smallest absolute Gasteiger partial charge is 0.123 e. The molecule has 14 heavy (non-hydrogen) atoms. The van der Waals surface area contributed by atoms with E-state index in [0.29, 0.717) is 12.0 Å². The van der Waals surface area contributed by atoms with Gasteiger partial charge in [-0.25, -0.2) is 4.39 Å². The third-order valence-electron chi connectivity index (χ3n) is 2.85. The molecule has 1 N–H and O–H groups in total. The highest BCUT2D eigenvalue weighted by atomic mass is 19.1. The Morgan fingerprint density at radius 1 is 1.50 bits per heavy atom. The van der Waals surface area contributed by atoms with Gasteiger partial charge in [-0.1, -0.05) is 0 Å². The number of benzene rings is 1. The Labute approximate surface area is 83.1 Å². The highest BCUT2D eigenvalue weighted by molar-refractivity contribution is 5.39. The van der Waals surface area contributed by atoms with Crippen LogP contribution in [-0.4, -0.2) is 19.7 Å². The quantitative estimate of drug-likeness (QED) is 0.778. The summed E-state index contributed by atoms with van der Waals surface area (Å²) in [4.78, 5) is 0. The minimum atomic E-state index is -0.195. The SMILES string of the molecule is COc1ccc(F)cc1C1CNC1C. The van der Waals surface area contributed by atoms with Crippen molar-refractivity contribution in [2.24, 2.45) is 0 Å². The molecule has 0 bridgehead atoms. The largest absolute Gasteiger partial charge is 0.496 e. The van der Waals surface area contributed by atoms with Crippen LogP contribution in [0.15, 0.2) is 18.2 Å². The molecule has 1 saturated heterocycles. The number of ether oxygens (including phenoxy) is 1. The molecule has 0 amide bonds. The van der Waals surface area contributed by atoms with Gasteiger partial charge in [0, 0.05) is 24.1 Å². The van der Waals surface area contributed by atoms with Crippen LogP contribution in [-0.2, 0) is 0 Å². The van der Waals surface area contributed by atoms with E-state index < -0.39 is 0 Å². The lowest BCUT2D eigenvalue weighted by Gasteiger charge is -2.36. The molecule has 2 nitrogen and oxygen atoms in total. The zero-order chi connectivity index (χ0) is 10.1. The standard InChI is InChI=1S/C11H14FNO/c1-7-10(6-13-7)9-5-8(12)3-4-11(9)14-2/h3-5,7,10,13H,6H2,1-2H3. The third kappa shape index (κ3) is 1.48. The van der Waals surface area contributed by atoms with E-state index in [0.717, 1.165) is 17.9 Å². The molecule has 1 aliphatic heterocycles. The van der Waals surface area contributed by atoms with Gasteiger partial charge in [0.05, 0.1) is 7.11 Å². The summed E-state index contributed by atoms with van der Waals surface area (Å²) >= 11 is 0. The van der Waals surface area contributed by atoms with Crippen molar-refractivity contribution in [3.05, 3.63) is 29.6 Å². The highest BCUT2D eigenvalue weighted by Crippen LogP contribution is 2.33. The van der Waals surface area contributed by atoms with Crippen LogP contribution in [0.3, 0.4) is 0 Å². The maximum Gasteiger partial charge on any atom is 0.123 e. The zero-order valence-corrected chi connectivity index (χ0v) is 8.38. The molecule has 2 unspecified atom stereocenters. The van der Waals surface area contributed by atoms with E-state index in [1.54, 1.807) is 19.2 Å². The van der Waals surface area contributed by atoms with Crippen molar-refractivity contribution >= 4 is 0 Å². The molecule has 2 rings (SSSR count). The minimum absolute atomic E-state index is 0.195. The lowest BCUT2D eigenvalue weighted by Crippen LogP contribution is -2.49. The first kappa shape index (κ1) is 9.46. The van der Waals surface area contributed by atoms with Crippen LogP contribution in [0.25, 0.3) is 0 Å². The van der Waals surface area contributed by atoms with Crippen LogP contribution in [0, 0.1) is 5.82 Å². The molecule has 2 atom stereocenters. The summed E-state index contributed by atoms with van der Waals surface area (Å²) < 4.78 is 18.3. The molecular weight excluding hydrogens is 181 g/mol. The molecule has 1 aromatic carbocycles. The summed E-state index contributed by atoms with van der Waals surface area (Å²) in [5, 5.41) is 3.25. The molecule has 76 valence electrons. The number of methoxy groups -OCH3 is 1. The first-order chi connectivity index (χ1) is 6.72. The van der Waals surface area contributed by atoms with Crippen molar-refractivity contribution in [3.63, 3.8) is 0 Å². The second-order valence-electron chi connectivity index (χ2n) is 3.69. The topological polar surface area (TPSA) is 21.3 Å². The maximum absolute atomic E-state index is 13.1. The summed E-state index contributed by atoms with van der Waals surface area (Å²) in [6, 6.07) is 5.10. The van der Waals surface area contributed by atoms with E-state index in [-0.39, 0.29) is 5.82 Å². The second kappa shape index (κ2) is 3.58. The average Bonchev–Trinajstić information content (AvgIpc) is 2.16. The summed E-state index contributed by atoms with van der Waals surface area (Å²) in [6.45, 7) is 3.00. The van der Waals surface area contributed by atoms with Crippen LogP contribution in [0.5, 0.6) is 5.75 Å². The van der Waals surface area contributed by atoms with Crippen LogP contribution in [0.4, 0.5) is 4.39 Å². The van der Waals surface area contributed by atoms with E-state index in [9.17, 15) is 4.39 Å². The Morgan fingerprint density at radius 3 is 2.79 bits per heavy atom. The van der Waals surface area contributed by atoms with Gasteiger partial charge in [0.15, 0.2) is 0 Å². The van der Waals surface area contributed by atoms with E-state index in [1.807, 2.05) is 0 Å². The summed E-state index contributed by atoms with van der Waals surface area (Å²) in [5.74, 6) is 0.963. The fourth-order valence-electron chi connectivity index (χ4n) is 1.85. The van der Waals surface area contributed by atoms with Gasteiger partial charge in [0.25, 0.3) is 0 Å². The number of hydrogen-bond donors (Lipinski definition) is 1. The fraction of sp³-hybridized carbons (Fsp3) is 0.455. The highest BCUT2D eigenvalue weighted by Gasteiger charge is 2.30. The average molecular weight is 195 g/mol. The second-order valence-corrected chi connectivity index (χ2v) is 3.69. The lowest BCUT2D eigenvalue weighted by molar-refractivity contribution is 0.318. The molecule has 1 fully saturated rings. The summed E-state index contributed by atoms with van der Waals surface area (Å²) in [7, 11) is 1.62. The van der Waals surface area contributed by atoms with Gasteiger partial charge < -0.3 is 10.1 Å². The van der Waals surface area contributed by atoms with E-state index >= 15 is 0 Å². The zero-order valence-electron chi connectivity index (χ0n) is 8.38. The fourth-order valence-corrected chi connectivity index (χ4v) is 1.85. The predicted octanol–water partition coefficient (Wildman–Crippen LogP) is 1.91. The number of rotatable bonds is 2. The molecule has 0 aliphatic carbocycles. The van der Waals surface area contributed by atoms with Crippen LogP contribution in [0.1, 0.15) is 18.4 Å². The third-order valence-corrected chi connectivity index (χ3v) is 2.85. The number of nitrogens with one attached hydrogen (secondary N) is 1. The van der Waals surface area contributed by atoms with Crippen molar-refractivity contribution in [2.45, 2.75) is 18.9 Å². The van der Waals surface area contributed by atoms with Crippen LogP contribution < -0.4 is 10.1 Å². The van der Waals surface area contributed by atoms with E-state index in [1.165, 1.54) is 6.07 Å². The van der Waals surface area contributed by atoms with E-state index in [2.05, 4.69) is 12.2 Å². The molecule has 1 aromatic rings. The molecule has 3 heteroatoms. The van der Waals surface area contributed by atoms with Crippen LogP contribution in [0.2, 0.25) is 0 Å². The molecule has 0 radical (unpaired) electrons. The molecule has 1 aliphatic rings. The molecule has 0 saturated carbocycles. The van der Waals surface area contributed by atoms with Gasteiger partial charge >= 0.3 is 0 Å². The van der Waals surface area contributed by atoms with Gasteiger partial charge in [0.1, 0.15) is 11.6 Å². The molecular formula is C11H14FNO. The Morgan fingerprint density at radius 2 is 2.29 bits per heavy atom. The first-order valence-corrected chi connectivity index (χ1v) is 4.79. The normalized spacial score (nSPS) is 25.6. The van der Waals surface area contributed by atoms with Crippen LogP contribution >= 0.6 is 0 Å². The van der Waals surface area contributed by atoms with Crippen molar-refractivity contribution < 1.29 is 9.13 Å². The van der Waals surface area contributed by atoms with Gasteiger partial charge in [-0.2, -0.15) is 0 Å². The lowest BCUT2D eigenvalue weighted by atomic mass is 9.85. The molecule has 0 aromatic heterocycles. The first-order valence-electron chi connectivity index (χ1n) is 4.79. The monoisotopic (exact) mass is 195 g/mol. The van der Waals surface area contributed by atoms with Crippen molar-refractivity contribution in [1.29, 1.82) is 0 Å². The summed E-state index contributed by atoms with van der Waals surface area (Å²) in [5.41, 5.74) is 0.971. The molecule has 0 spiro atoms. The minimum Gasteiger partial charge on any atom is -0.496 e. The van der Waals surface area contributed by atoms with Gasteiger partial charge in [-0.15, -0.1) is 0 Å². The Balaban J connectivity index is 2.34. The number of halogens is 1. The number of hydrogen-bond acceptors (Lipinski definition) is 2. The summed E-state index contributed by atoms with van der Waals surface area (Å²) in [6.07, 6.45) is 0. The maximum atomic E-state index is 13.1. The van der Waals surface area contributed by atoms with Gasteiger partial charge in [-0.3, -0.25) is 0 Å². The molecule has 1 heterocycles. The van der Waals surface area contributed by atoms with Crippen molar-refractivity contribution in [2.75, 3.05) is 13.7 Å². The van der Waals surface area contributed by atoms with Crippen molar-refractivity contribution in [1.82, 2.24) is 5.32 Å². The van der Waals surface area contributed by atoms with E-state index in [4.69, 9.17) is 4.74 Å². The Bertz CT molecular complexity index is 340. The van der Waals surface area contributed by atoms with Crippen molar-refractivity contribution in [3.8, 4) is 5.75 Å². The Kier molecular flexibility index (Phi) is 2.42. The van der Waals surface area contributed by atoms with Gasteiger partial charge in [0.2, 0.25) is 0 Å². The Hall–Kier alpha value is -1.09. The van der Waals surface area contributed by atoms with Gasteiger partial charge in [-0.05, 0) is 25.1 Å².